The molecule has 0 nitrogen and oxygen atoms in total. The lowest BCUT2D eigenvalue weighted by Crippen LogP contribution is -2.06. The average molecular weight is 385 g/mol. The van der Waals surface area contributed by atoms with Crippen molar-refractivity contribution in [2.75, 3.05) is 0 Å². The summed E-state index contributed by atoms with van der Waals surface area (Å²) in [5.41, 5.74) is 0. The van der Waals surface area contributed by atoms with Crippen LogP contribution in [0.25, 0.3) is 0 Å². The first-order chi connectivity index (χ1) is 12.4. The zero-order valence-corrected chi connectivity index (χ0v) is 22.0. The Morgan fingerprint density at radius 3 is 1.19 bits per heavy atom. The zero-order chi connectivity index (χ0) is 22.0. The highest BCUT2D eigenvalue weighted by Gasteiger charge is 2.08. The lowest BCUT2D eigenvalue weighted by molar-refractivity contribution is 0.344. The summed E-state index contributed by atoms with van der Waals surface area (Å²) in [4.78, 5) is 0. The van der Waals surface area contributed by atoms with Crippen LogP contribution >= 0.6 is 0 Å². The maximum atomic E-state index is 2.35. The topological polar surface area (TPSA) is 0 Å². The molecule has 0 saturated carbocycles. The molecule has 0 bridgehead atoms. The molecule has 168 valence electrons. The zero-order valence-electron chi connectivity index (χ0n) is 22.0. The second-order valence-corrected chi connectivity index (χ2v) is 10.7. The Labute approximate surface area is 176 Å². The monoisotopic (exact) mass is 384 g/mol. The van der Waals surface area contributed by atoms with Crippen LogP contribution in [0.4, 0.5) is 0 Å². The highest BCUT2D eigenvalue weighted by molar-refractivity contribution is 4.59. The van der Waals surface area contributed by atoms with E-state index in [1.807, 2.05) is 0 Å². The van der Waals surface area contributed by atoms with Gasteiger partial charge in [0.2, 0.25) is 0 Å². The smallest absolute Gasteiger partial charge is 0.0417 e. The van der Waals surface area contributed by atoms with E-state index in [1.165, 1.54) is 44.9 Å². The molecule has 0 amide bonds. The summed E-state index contributed by atoms with van der Waals surface area (Å²) in [6.45, 7) is 29.9. The summed E-state index contributed by atoms with van der Waals surface area (Å²) >= 11 is 0. The molecule has 0 aromatic rings. The lowest BCUT2D eigenvalue weighted by atomic mass is 9.90. The van der Waals surface area contributed by atoms with Gasteiger partial charge in [-0.3, -0.25) is 0 Å². The Hall–Kier alpha value is 0. The van der Waals surface area contributed by atoms with Gasteiger partial charge >= 0.3 is 0 Å². The summed E-state index contributed by atoms with van der Waals surface area (Å²) in [6, 6.07) is 0. The summed E-state index contributed by atoms with van der Waals surface area (Å²) < 4.78 is 0. The van der Waals surface area contributed by atoms with Crippen LogP contribution in [0.2, 0.25) is 0 Å². The van der Waals surface area contributed by atoms with E-state index < -0.39 is 0 Å². The summed E-state index contributed by atoms with van der Waals surface area (Å²) in [6.07, 6.45) is 9.67. The third kappa shape index (κ3) is 28.3. The third-order valence-corrected chi connectivity index (χ3v) is 5.79. The Kier molecular flexibility index (Phi) is 24.3. The molecule has 0 heteroatoms. The van der Waals surface area contributed by atoms with Gasteiger partial charge in [-0.05, 0) is 54.3 Å². The van der Waals surface area contributed by atoms with Gasteiger partial charge in [-0.1, -0.05) is 122 Å². The molecule has 3 atom stereocenters. The highest BCUT2D eigenvalue weighted by Crippen LogP contribution is 2.18. The summed E-state index contributed by atoms with van der Waals surface area (Å²) in [5, 5.41) is 0. The molecule has 0 spiro atoms. The lowest BCUT2D eigenvalue weighted by Gasteiger charge is -2.16. The third-order valence-electron chi connectivity index (χ3n) is 5.79. The van der Waals surface area contributed by atoms with Crippen LogP contribution in [0.3, 0.4) is 0 Å². The molecule has 3 unspecified atom stereocenters. The van der Waals surface area contributed by atoms with Crippen molar-refractivity contribution in [3.63, 3.8) is 0 Å². The second-order valence-electron chi connectivity index (χ2n) is 10.7. The van der Waals surface area contributed by atoms with Crippen molar-refractivity contribution in [2.24, 2.45) is 41.4 Å². The Morgan fingerprint density at radius 1 is 0.481 bits per heavy atom. The van der Waals surface area contributed by atoms with E-state index >= 15 is 0 Å². The van der Waals surface area contributed by atoms with Crippen molar-refractivity contribution in [1.29, 1.82) is 0 Å². The number of unbranched alkanes of at least 4 members (excludes halogenated alkanes) is 1. The van der Waals surface area contributed by atoms with E-state index in [4.69, 9.17) is 0 Å². The van der Waals surface area contributed by atoms with E-state index in [0.29, 0.717) is 0 Å². The number of hydrogen-bond donors (Lipinski definition) is 0. The van der Waals surface area contributed by atoms with E-state index in [1.54, 1.807) is 0 Å². The van der Waals surface area contributed by atoms with Crippen LogP contribution in [-0.2, 0) is 0 Å². The number of hydrogen-bond acceptors (Lipinski definition) is 0. The average Bonchev–Trinajstić information content (AvgIpc) is 2.52. The minimum atomic E-state index is 0.854. The minimum absolute atomic E-state index is 0.854. The van der Waals surface area contributed by atoms with Gasteiger partial charge in [-0.25, -0.2) is 0 Å². The van der Waals surface area contributed by atoms with Gasteiger partial charge in [0.05, 0.1) is 0 Å². The van der Waals surface area contributed by atoms with Crippen molar-refractivity contribution < 1.29 is 0 Å². The molecule has 27 heavy (non-hydrogen) atoms. The summed E-state index contributed by atoms with van der Waals surface area (Å²) in [7, 11) is 0. The highest BCUT2D eigenvalue weighted by atomic mass is 14.1. The molecule has 0 radical (unpaired) electrons. The molecular formula is C27H60. The Morgan fingerprint density at radius 2 is 0.926 bits per heavy atom. The van der Waals surface area contributed by atoms with Crippen LogP contribution in [0.15, 0.2) is 0 Å². The molecule has 0 N–H and O–H groups in total. The summed E-state index contributed by atoms with van der Waals surface area (Å²) in [5.74, 6) is 6.22. The maximum absolute atomic E-state index is 2.35. The normalized spacial score (nSPS) is 14.6. The van der Waals surface area contributed by atoms with Crippen molar-refractivity contribution >= 4 is 0 Å². The van der Waals surface area contributed by atoms with Gasteiger partial charge in [0, 0.05) is 0 Å². The fourth-order valence-electron chi connectivity index (χ4n) is 3.29. The molecule has 0 aliphatic carbocycles. The molecule has 0 fully saturated rings. The first-order valence-corrected chi connectivity index (χ1v) is 12.4. The van der Waals surface area contributed by atoms with E-state index in [9.17, 15) is 0 Å². The minimum Gasteiger partial charge on any atom is -0.0654 e. The molecule has 0 aliphatic rings. The van der Waals surface area contributed by atoms with Crippen LogP contribution in [0.5, 0.6) is 0 Å². The molecule has 0 aromatic heterocycles. The number of rotatable bonds is 11. The Balaban J connectivity index is -0.000000320. The van der Waals surface area contributed by atoms with E-state index in [-0.39, 0.29) is 0 Å². The van der Waals surface area contributed by atoms with Gasteiger partial charge < -0.3 is 0 Å². The molecule has 0 heterocycles. The SMILES string of the molecule is CC(C)CC(C)C(C)C.CCCC(C)CC(C)C.CCCCC(C)C(C)C. The van der Waals surface area contributed by atoms with Gasteiger partial charge in [0.25, 0.3) is 0 Å². The van der Waals surface area contributed by atoms with Gasteiger partial charge in [-0.2, -0.15) is 0 Å². The van der Waals surface area contributed by atoms with Gasteiger partial charge in [-0.15, -0.1) is 0 Å². The predicted molar refractivity (Wildman–Crippen MR) is 131 cm³/mol. The predicted octanol–water partition coefficient (Wildman–Crippen LogP) is 10.3. The van der Waals surface area contributed by atoms with Crippen LogP contribution < -0.4 is 0 Å². The van der Waals surface area contributed by atoms with Gasteiger partial charge in [0.1, 0.15) is 0 Å². The maximum Gasteiger partial charge on any atom is -0.0417 e. The molecule has 0 aromatic carbocycles. The van der Waals surface area contributed by atoms with Crippen LogP contribution in [0.1, 0.15) is 135 Å². The van der Waals surface area contributed by atoms with Crippen molar-refractivity contribution in [1.82, 2.24) is 0 Å². The fraction of sp³-hybridized carbons (Fsp3) is 1.00. The fourth-order valence-corrected chi connectivity index (χ4v) is 3.29. The van der Waals surface area contributed by atoms with Crippen molar-refractivity contribution in [3.05, 3.63) is 0 Å². The Bertz CT molecular complexity index is 261. The van der Waals surface area contributed by atoms with E-state index in [0.717, 1.165) is 41.4 Å². The van der Waals surface area contributed by atoms with Crippen LogP contribution in [-0.4, -0.2) is 0 Å². The quantitative estimate of drug-likeness (QED) is 0.332. The molecule has 0 rings (SSSR count). The molecular weight excluding hydrogens is 324 g/mol. The molecule has 0 aliphatic heterocycles. The first-order valence-electron chi connectivity index (χ1n) is 12.4. The van der Waals surface area contributed by atoms with Crippen molar-refractivity contribution in [2.45, 2.75) is 135 Å². The van der Waals surface area contributed by atoms with Crippen molar-refractivity contribution in [3.8, 4) is 0 Å². The first kappa shape index (κ1) is 31.7. The van der Waals surface area contributed by atoms with Gasteiger partial charge in [0.15, 0.2) is 0 Å². The largest absolute Gasteiger partial charge is 0.0654 e. The molecule has 0 saturated heterocycles. The van der Waals surface area contributed by atoms with E-state index in [2.05, 4.69) is 90.0 Å². The second kappa shape index (κ2) is 20.7. The standard InChI is InChI=1S/3C9H20/c1-7(2)6-9(5)8(3)4;1-5-6-9(4)7-8(2)3;1-5-6-7-9(4)8(2)3/h7-9H,6H2,1-5H3;2*8-9H,5-7H2,1-4H3. The van der Waals surface area contributed by atoms with Crippen LogP contribution in [0, 0.1) is 41.4 Å².